The first-order valence-corrected chi connectivity index (χ1v) is 9.78. The first kappa shape index (κ1) is 20.4. The first-order chi connectivity index (χ1) is 14.5. The van der Waals surface area contributed by atoms with E-state index in [0.717, 1.165) is 16.5 Å². The number of pyridine rings is 2. The molecular formula is C20H21ClN6O3. The number of methoxy groups -OCH3 is 1. The van der Waals surface area contributed by atoms with Gasteiger partial charge in [-0.2, -0.15) is 5.10 Å². The molecule has 4 rings (SSSR count). The van der Waals surface area contributed by atoms with Crippen molar-refractivity contribution in [3.63, 3.8) is 0 Å². The van der Waals surface area contributed by atoms with Crippen molar-refractivity contribution in [1.29, 1.82) is 0 Å². The van der Waals surface area contributed by atoms with Gasteiger partial charge in [0.05, 0.1) is 49.8 Å². The zero-order chi connectivity index (χ0) is 21.3. The quantitative estimate of drug-likeness (QED) is 0.636. The number of hydrogen-bond acceptors (Lipinski definition) is 8. The van der Waals surface area contributed by atoms with E-state index in [1.807, 2.05) is 6.92 Å². The average molecular weight is 429 g/mol. The zero-order valence-corrected chi connectivity index (χ0v) is 17.4. The maximum atomic E-state index is 13.4. The molecule has 0 aromatic carbocycles. The van der Waals surface area contributed by atoms with E-state index in [-0.39, 0.29) is 18.5 Å². The molecule has 0 bridgehead atoms. The summed E-state index contributed by atoms with van der Waals surface area (Å²) >= 11 is 5.82. The molecule has 4 heterocycles. The Labute approximate surface area is 178 Å². The van der Waals surface area contributed by atoms with Crippen LogP contribution in [0.4, 0.5) is 5.82 Å². The largest absolute Gasteiger partial charge is 0.383 e. The Kier molecular flexibility index (Phi) is 5.76. The number of anilines is 1. The van der Waals surface area contributed by atoms with Gasteiger partial charge in [0, 0.05) is 18.1 Å². The number of hydrogen-bond donors (Lipinski definition) is 1. The van der Waals surface area contributed by atoms with Crippen LogP contribution in [0.25, 0.3) is 10.9 Å². The number of carbonyl (C=O) groups is 1. The summed E-state index contributed by atoms with van der Waals surface area (Å²) < 4.78 is 10.8. The maximum Gasteiger partial charge on any atom is 0.273 e. The summed E-state index contributed by atoms with van der Waals surface area (Å²) in [7, 11) is 1.59. The molecule has 0 unspecified atom stereocenters. The van der Waals surface area contributed by atoms with Crippen molar-refractivity contribution in [2.24, 2.45) is 0 Å². The van der Waals surface area contributed by atoms with Gasteiger partial charge >= 0.3 is 0 Å². The van der Waals surface area contributed by atoms with Gasteiger partial charge in [0.25, 0.3) is 5.91 Å². The van der Waals surface area contributed by atoms with Crippen molar-refractivity contribution >= 4 is 34.2 Å². The number of nitrogen functional groups attached to an aromatic ring is 1. The lowest BCUT2D eigenvalue weighted by Gasteiger charge is -2.28. The van der Waals surface area contributed by atoms with Gasteiger partial charge in [0.15, 0.2) is 5.15 Å². The van der Waals surface area contributed by atoms with Crippen molar-refractivity contribution in [1.82, 2.24) is 25.1 Å². The molecule has 0 spiro atoms. The minimum Gasteiger partial charge on any atom is -0.383 e. The van der Waals surface area contributed by atoms with Gasteiger partial charge in [-0.1, -0.05) is 11.6 Å². The molecule has 3 aromatic heterocycles. The van der Waals surface area contributed by atoms with Crippen LogP contribution in [0.15, 0.2) is 24.4 Å². The molecule has 0 saturated heterocycles. The minimum absolute atomic E-state index is 0.212. The Bertz CT molecular complexity index is 1090. The molecule has 9 nitrogen and oxygen atoms in total. The summed E-state index contributed by atoms with van der Waals surface area (Å²) in [6.45, 7) is 3.36. The van der Waals surface area contributed by atoms with Crippen molar-refractivity contribution in [2.75, 3.05) is 19.5 Å². The minimum atomic E-state index is -0.248. The summed E-state index contributed by atoms with van der Waals surface area (Å²) in [6.07, 6.45) is 1.57. The van der Waals surface area contributed by atoms with Gasteiger partial charge in [-0.25, -0.2) is 9.97 Å². The van der Waals surface area contributed by atoms with Crippen molar-refractivity contribution in [3.05, 3.63) is 52.1 Å². The van der Waals surface area contributed by atoms with Crippen LogP contribution in [-0.2, 0) is 29.2 Å². The average Bonchev–Trinajstić information content (AvgIpc) is 3.24. The third-order valence-electron chi connectivity index (χ3n) is 5.05. The molecule has 0 fully saturated rings. The summed E-state index contributed by atoms with van der Waals surface area (Å²) in [5.41, 5.74) is 9.39. The van der Waals surface area contributed by atoms with Crippen molar-refractivity contribution < 1.29 is 14.3 Å². The number of rotatable bonds is 6. The van der Waals surface area contributed by atoms with E-state index < -0.39 is 0 Å². The molecule has 0 saturated carbocycles. The van der Waals surface area contributed by atoms with E-state index >= 15 is 0 Å². The van der Waals surface area contributed by atoms with E-state index in [0.29, 0.717) is 47.7 Å². The molecule has 156 valence electrons. The summed E-state index contributed by atoms with van der Waals surface area (Å²) in [4.78, 5) is 23.8. The van der Waals surface area contributed by atoms with Gasteiger partial charge < -0.3 is 20.1 Å². The zero-order valence-electron chi connectivity index (χ0n) is 16.6. The predicted octanol–water partition coefficient (Wildman–Crippen LogP) is 2.36. The van der Waals surface area contributed by atoms with Gasteiger partial charge in [0.1, 0.15) is 11.5 Å². The fraction of sp³-hybridized carbons (Fsp3) is 0.350. The molecule has 1 aliphatic heterocycles. The van der Waals surface area contributed by atoms with E-state index in [2.05, 4.69) is 20.2 Å². The van der Waals surface area contributed by atoms with Crippen LogP contribution in [0.5, 0.6) is 0 Å². The van der Waals surface area contributed by atoms with E-state index in [1.165, 1.54) is 0 Å². The molecule has 0 aliphatic carbocycles. The van der Waals surface area contributed by atoms with Crippen LogP contribution in [0.3, 0.4) is 0 Å². The Balaban J connectivity index is 1.70. The molecular weight excluding hydrogens is 408 g/mol. The third-order valence-corrected chi connectivity index (χ3v) is 5.26. The van der Waals surface area contributed by atoms with E-state index in [1.54, 1.807) is 36.4 Å². The lowest BCUT2D eigenvalue weighted by atomic mass is 10.1. The molecule has 3 aromatic rings. The van der Waals surface area contributed by atoms with Crippen LogP contribution >= 0.6 is 11.6 Å². The lowest BCUT2D eigenvalue weighted by Crippen LogP contribution is -2.41. The molecule has 2 N–H and O–H groups in total. The van der Waals surface area contributed by atoms with Gasteiger partial charge in [-0.05, 0) is 30.7 Å². The van der Waals surface area contributed by atoms with Gasteiger partial charge in [-0.3, -0.25) is 4.79 Å². The SMILES string of the molecule is COC[C@@H](C)N(Cc1ccc(Cl)nn1)C(=O)c1cc2c3c(c(N)nc2cn1)COC3. The second kappa shape index (κ2) is 8.47. The van der Waals surface area contributed by atoms with Crippen LogP contribution in [0.1, 0.15) is 34.2 Å². The molecule has 1 aliphatic rings. The Morgan fingerprint density at radius 1 is 1.33 bits per heavy atom. The van der Waals surface area contributed by atoms with E-state index in [4.69, 9.17) is 26.8 Å². The topological polar surface area (TPSA) is 116 Å². The molecule has 10 heteroatoms. The number of amides is 1. The molecule has 1 amide bonds. The highest BCUT2D eigenvalue weighted by Crippen LogP contribution is 2.31. The Morgan fingerprint density at radius 3 is 2.87 bits per heavy atom. The Hall–Kier alpha value is -2.88. The summed E-state index contributed by atoms with van der Waals surface area (Å²) in [5, 5.41) is 9.03. The summed E-state index contributed by atoms with van der Waals surface area (Å²) in [6, 6.07) is 4.91. The first-order valence-electron chi connectivity index (χ1n) is 9.40. The van der Waals surface area contributed by atoms with Crippen LogP contribution in [0.2, 0.25) is 5.15 Å². The highest BCUT2D eigenvalue weighted by atomic mass is 35.5. The normalized spacial score (nSPS) is 14.0. The van der Waals surface area contributed by atoms with E-state index in [9.17, 15) is 4.79 Å². The van der Waals surface area contributed by atoms with Crippen LogP contribution < -0.4 is 5.73 Å². The third kappa shape index (κ3) is 3.91. The standard InChI is InChI=1S/C20H21ClN6O3/c1-11(8-29-2)27(7-12-3-4-18(21)26-25-12)20(28)16-5-13-14-9-30-10-15(14)19(22)24-17(13)6-23-16/h3-6,11H,7-10H2,1-2H3,(H2,22,24)/t11-/m1/s1. The second-order valence-corrected chi connectivity index (χ2v) is 7.51. The number of halogens is 1. The number of ether oxygens (including phenoxy) is 2. The van der Waals surface area contributed by atoms with Gasteiger partial charge in [0.2, 0.25) is 0 Å². The van der Waals surface area contributed by atoms with Crippen molar-refractivity contribution in [2.45, 2.75) is 32.7 Å². The lowest BCUT2D eigenvalue weighted by molar-refractivity contribution is 0.0532. The highest BCUT2D eigenvalue weighted by Gasteiger charge is 2.26. The van der Waals surface area contributed by atoms with Crippen LogP contribution in [0, 0.1) is 0 Å². The Morgan fingerprint density at radius 2 is 2.13 bits per heavy atom. The number of fused-ring (bicyclic) bond motifs is 3. The monoisotopic (exact) mass is 428 g/mol. The van der Waals surface area contributed by atoms with Crippen LogP contribution in [-0.4, -0.2) is 50.7 Å². The number of carbonyl (C=O) groups excluding carboxylic acids is 1. The fourth-order valence-corrected chi connectivity index (χ4v) is 3.60. The number of nitrogens with two attached hydrogens (primary N) is 1. The molecule has 0 radical (unpaired) electrons. The van der Waals surface area contributed by atoms with Gasteiger partial charge in [-0.15, -0.1) is 5.10 Å². The molecule has 30 heavy (non-hydrogen) atoms. The molecule has 1 atom stereocenters. The second-order valence-electron chi connectivity index (χ2n) is 7.12. The number of aromatic nitrogens is 4. The smallest absolute Gasteiger partial charge is 0.273 e. The predicted molar refractivity (Wildman–Crippen MR) is 111 cm³/mol. The summed E-state index contributed by atoms with van der Waals surface area (Å²) in [5.74, 6) is 0.190. The maximum absolute atomic E-state index is 13.4. The fourth-order valence-electron chi connectivity index (χ4n) is 3.50. The number of nitrogens with zero attached hydrogens (tertiary/aromatic N) is 5. The highest BCUT2D eigenvalue weighted by molar-refractivity contribution is 6.29. The van der Waals surface area contributed by atoms with Crippen molar-refractivity contribution in [3.8, 4) is 0 Å².